The van der Waals surface area contributed by atoms with E-state index in [2.05, 4.69) is 24.2 Å². The maximum absolute atomic E-state index is 6.32. The van der Waals surface area contributed by atoms with Crippen LogP contribution in [-0.4, -0.2) is 21.0 Å². The molecule has 1 aromatic rings. The molecule has 1 heterocycles. The molecule has 0 aliphatic heterocycles. The number of hydrogen-bond acceptors (Lipinski definition) is 3. The Morgan fingerprint density at radius 1 is 1.62 bits per heavy atom. The molecule has 2 unspecified atom stereocenters. The third-order valence-corrected chi connectivity index (χ3v) is 3.95. The van der Waals surface area contributed by atoms with E-state index in [1.807, 2.05) is 13.2 Å². The van der Waals surface area contributed by atoms with Gasteiger partial charge in [-0.3, -0.25) is 4.68 Å². The molecule has 0 amide bonds. The summed E-state index contributed by atoms with van der Waals surface area (Å²) in [5, 5.41) is 8.05. The lowest BCUT2D eigenvalue weighted by Crippen LogP contribution is -2.38. The van der Waals surface area contributed by atoms with E-state index < -0.39 is 0 Å². The van der Waals surface area contributed by atoms with Crippen molar-refractivity contribution in [2.75, 3.05) is 0 Å². The van der Waals surface area contributed by atoms with Crippen LogP contribution in [0.2, 0.25) is 0 Å². The maximum Gasteiger partial charge on any atom is 0.0842 e. The zero-order valence-corrected chi connectivity index (χ0v) is 10.5. The van der Waals surface area contributed by atoms with Crippen molar-refractivity contribution in [1.82, 2.24) is 15.0 Å². The van der Waals surface area contributed by atoms with Crippen LogP contribution in [0.4, 0.5) is 0 Å². The molecule has 2 rings (SSSR count). The molecule has 0 saturated heterocycles. The molecule has 2 N–H and O–H groups in total. The van der Waals surface area contributed by atoms with E-state index in [4.69, 9.17) is 5.73 Å². The van der Waals surface area contributed by atoms with Gasteiger partial charge in [0, 0.05) is 25.7 Å². The van der Waals surface area contributed by atoms with Crippen LogP contribution in [0.3, 0.4) is 0 Å². The van der Waals surface area contributed by atoms with Crippen LogP contribution in [0, 0.1) is 11.3 Å². The first kappa shape index (κ1) is 11.6. The smallest absolute Gasteiger partial charge is 0.0842 e. The summed E-state index contributed by atoms with van der Waals surface area (Å²) in [6, 6.07) is 0.217. The lowest BCUT2D eigenvalue weighted by molar-refractivity contribution is 0.219. The Balaban J connectivity index is 2.00. The first-order valence-electron chi connectivity index (χ1n) is 6.10. The summed E-state index contributed by atoms with van der Waals surface area (Å²) in [6.07, 6.45) is 6.68. The molecule has 4 nitrogen and oxygen atoms in total. The number of nitrogens with zero attached hydrogens (tertiary/aromatic N) is 3. The number of hydrogen-bond donors (Lipinski definition) is 1. The zero-order valence-electron chi connectivity index (χ0n) is 10.5. The third-order valence-electron chi connectivity index (χ3n) is 3.95. The molecule has 16 heavy (non-hydrogen) atoms. The summed E-state index contributed by atoms with van der Waals surface area (Å²) in [4.78, 5) is 0. The number of nitrogens with two attached hydrogens (primary N) is 1. The van der Waals surface area contributed by atoms with Gasteiger partial charge in [-0.15, -0.1) is 5.10 Å². The van der Waals surface area contributed by atoms with Crippen LogP contribution in [0.15, 0.2) is 6.20 Å². The lowest BCUT2D eigenvalue weighted by Gasteiger charge is -2.31. The molecule has 0 spiro atoms. The van der Waals surface area contributed by atoms with Crippen LogP contribution in [0.5, 0.6) is 0 Å². The van der Waals surface area contributed by atoms with Gasteiger partial charge >= 0.3 is 0 Å². The SMILES string of the molecule is Cn1cc(CC(N)C2CCCC2(C)C)nn1. The monoisotopic (exact) mass is 222 g/mol. The first-order valence-corrected chi connectivity index (χ1v) is 6.10. The largest absolute Gasteiger partial charge is 0.327 e. The van der Waals surface area contributed by atoms with Gasteiger partial charge in [-0.05, 0) is 24.2 Å². The van der Waals surface area contributed by atoms with Crippen molar-refractivity contribution in [3.05, 3.63) is 11.9 Å². The van der Waals surface area contributed by atoms with E-state index in [-0.39, 0.29) is 6.04 Å². The molecule has 4 heteroatoms. The number of aryl methyl sites for hydroxylation is 1. The van der Waals surface area contributed by atoms with Gasteiger partial charge in [0.15, 0.2) is 0 Å². The van der Waals surface area contributed by atoms with Crippen LogP contribution >= 0.6 is 0 Å². The summed E-state index contributed by atoms with van der Waals surface area (Å²) < 4.78 is 1.74. The summed E-state index contributed by atoms with van der Waals surface area (Å²) >= 11 is 0. The average Bonchev–Trinajstić information content (AvgIpc) is 2.72. The predicted molar refractivity (Wildman–Crippen MR) is 63.8 cm³/mol. The Kier molecular flexibility index (Phi) is 3.02. The van der Waals surface area contributed by atoms with Crippen LogP contribution in [0.1, 0.15) is 38.8 Å². The van der Waals surface area contributed by atoms with Crippen LogP contribution < -0.4 is 5.73 Å². The van der Waals surface area contributed by atoms with Crippen molar-refractivity contribution < 1.29 is 0 Å². The van der Waals surface area contributed by atoms with E-state index in [0.717, 1.165) is 12.1 Å². The molecule has 1 fully saturated rings. The highest BCUT2D eigenvalue weighted by atomic mass is 15.4. The van der Waals surface area contributed by atoms with Crippen molar-refractivity contribution >= 4 is 0 Å². The van der Waals surface area contributed by atoms with Crippen LogP contribution in [-0.2, 0) is 13.5 Å². The van der Waals surface area contributed by atoms with Crippen molar-refractivity contribution in [1.29, 1.82) is 0 Å². The van der Waals surface area contributed by atoms with Crippen molar-refractivity contribution in [3.63, 3.8) is 0 Å². The highest BCUT2D eigenvalue weighted by molar-refractivity contribution is 5.00. The van der Waals surface area contributed by atoms with Gasteiger partial charge in [-0.25, -0.2) is 0 Å². The normalized spacial score (nSPS) is 25.9. The molecule has 1 aliphatic carbocycles. The van der Waals surface area contributed by atoms with Crippen molar-refractivity contribution in [2.24, 2.45) is 24.1 Å². The van der Waals surface area contributed by atoms with Gasteiger partial charge in [0.2, 0.25) is 0 Å². The summed E-state index contributed by atoms with van der Waals surface area (Å²) in [5.41, 5.74) is 7.72. The Morgan fingerprint density at radius 2 is 2.38 bits per heavy atom. The van der Waals surface area contributed by atoms with E-state index in [9.17, 15) is 0 Å². The maximum atomic E-state index is 6.32. The van der Waals surface area contributed by atoms with Gasteiger partial charge in [0.25, 0.3) is 0 Å². The molecule has 1 aromatic heterocycles. The lowest BCUT2D eigenvalue weighted by atomic mass is 9.76. The van der Waals surface area contributed by atoms with Gasteiger partial charge in [0.1, 0.15) is 0 Å². The topological polar surface area (TPSA) is 56.7 Å². The molecule has 2 atom stereocenters. The molecular formula is C12H22N4. The quantitative estimate of drug-likeness (QED) is 0.843. The molecular weight excluding hydrogens is 200 g/mol. The van der Waals surface area contributed by atoms with Crippen LogP contribution in [0.25, 0.3) is 0 Å². The second-order valence-electron chi connectivity index (χ2n) is 5.74. The zero-order chi connectivity index (χ0) is 11.8. The molecule has 0 radical (unpaired) electrons. The van der Waals surface area contributed by atoms with Gasteiger partial charge < -0.3 is 5.73 Å². The molecule has 0 bridgehead atoms. The Hall–Kier alpha value is -0.900. The van der Waals surface area contributed by atoms with Crippen molar-refractivity contribution in [2.45, 2.75) is 45.6 Å². The fraction of sp³-hybridized carbons (Fsp3) is 0.833. The first-order chi connectivity index (χ1) is 7.49. The Labute approximate surface area is 97.2 Å². The van der Waals surface area contributed by atoms with Crippen molar-refractivity contribution in [3.8, 4) is 0 Å². The molecule has 90 valence electrons. The fourth-order valence-corrected chi connectivity index (χ4v) is 3.02. The minimum Gasteiger partial charge on any atom is -0.327 e. The average molecular weight is 222 g/mol. The number of rotatable bonds is 3. The molecule has 0 aromatic carbocycles. The standard InChI is InChI=1S/C12H22N4/c1-12(2)6-4-5-10(12)11(13)7-9-8-16(3)15-14-9/h8,10-11H,4-7,13H2,1-3H3. The second kappa shape index (κ2) is 4.17. The summed E-state index contributed by atoms with van der Waals surface area (Å²) in [6.45, 7) is 4.67. The second-order valence-corrected chi connectivity index (χ2v) is 5.74. The fourth-order valence-electron chi connectivity index (χ4n) is 3.02. The Bertz CT molecular complexity index is 356. The van der Waals surface area contributed by atoms with E-state index in [1.54, 1.807) is 4.68 Å². The Morgan fingerprint density at radius 3 is 2.88 bits per heavy atom. The molecule has 1 aliphatic rings. The van der Waals surface area contributed by atoms with E-state index in [0.29, 0.717) is 11.3 Å². The summed E-state index contributed by atoms with van der Waals surface area (Å²) in [5.74, 6) is 0.620. The summed E-state index contributed by atoms with van der Waals surface area (Å²) in [7, 11) is 1.89. The number of aromatic nitrogens is 3. The third kappa shape index (κ3) is 2.26. The van der Waals surface area contributed by atoms with Gasteiger partial charge in [-0.1, -0.05) is 25.5 Å². The predicted octanol–water partition coefficient (Wildman–Crippen LogP) is 1.51. The van der Waals surface area contributed by atoms with E-state index >= 15 is 0 Å². The minimum atomic E-state index is 0.217. The minimum absolute atomic E-state index is 0.217. The highest BCUT2D eigenvalue weighted by Gasteiger charge is 2.38. The highest BCUT2D eigenvalue weighted by Crippen LogP contribution is 2.44. The van der Waals surface area contributed by atoms with Gasteiger partial charge in [-0.2, -0.15) is 0 Å². The molecule has 1 saturated carbocycles. The van der Waals surface area contributed by atoms with Gasteiger partial charge in [0.05, 0.1) is 5.69 Å². The van der Waals surface area contributed by atoms with E-state index in [1.165, 1.54) is 19.3 Å².